The van der Waals surface area contributed by atoms with E-state index in [2.05, 4.69) is 76.9 Å². The number of nitrogens with zero attached hydrogens (tertiary/aromatic N) is 4. The minimum Gasteiger partial charge on any atom is -0.354 e. The van der Waals surface area contributed by atoms with Crippen molar-refractivity contribution in [2.75, 3.05) is 31.1 Å². The quantitative estimate of drug-likeness (QED) is 0.863. The summed E-state index contributed by atoms with van der Waals surface area (Å²) in [6.45, 7) is 12.0. The molecule has 0 spiro atoms. The molecule has 0 saturated carbocycles. The molecule has 24 heavy (non-hydrogen) atoms. The third-order valence-electron chi connectivity index (χ3n) is 4.37. The van der Waals surface area contributed by atoms with Crippen LogP contribution in [-0.4, -0.2) is 41.0 Å². The molecule has 0 amide bonds. The zero-order valence-corrected chi connectivity index (χ0v) is 15.1. The number of piperazine rings is 1. The van der Waals surface area contributed by atoms with Gasteiger partial charge in [-0.25, -0.2) is 9.97 Å². The second-order valence-electron chi connectivity index (χ2n) is 7.85. The summed E-state index contributed by atoms with van der Waals surface area (Å²) in [6, 6.07) is 12.9. The molecule has 1 fully saturated rings. The monoisotopic (exact) mass is 324 g/mol. The fourth-order valence-corrected chi connectivity index (χ4v) is 3.18. The highest BCUT2D eigenvalue weighted by molar-refractivity contribution is 5.39. The maximum Gasteiger partial charge on any atom is 0.132 e. The predicted molar refractivity (Wildman–Crippen MR) is 99.1 cm³/mol. The van der Waals surface area contributed by atoms with Crippen LogP contribution in [0.3, 0.4) is 0 Å². The van der Waals surface area contributed by atoms with Crippen LogP contribution in [0, 0.1) is 5.41 Å². The lowest BCUT2D eigenvalue weighted by Gasteiger charge is -2.35. The second-order valence-corrected chi connectivity index (χ2v) is 7.85. The van der Waals surface area contributed by atoms with Crippen molar-refractivity contribution in [3.05, 3.63) is 54.0 Å². The molecule has 2 aromatic rings. The van der Waals surface area contributed by atoms with Gasteiger partial charge in [-0.2, -0.15) is 0 Å². The fourth-order valence-electron chi connectivity index (χ4n) is 3.18. The van der Waals surface area contributed by atoms with Crippen LogP contribution >= 0.6 is 0 Å². The first-order valence-corrected chi connectivity index (χ1v) is 8.82. The predicted octanol–water partition coefficient (Wildman–Crippen LogP) is 3.39. The van der Waals surface area contributed by atoms with Gasteiger partial charge in [0.1, 0.15) is 12.1 Å². The van der Waals surface area contributed by atoms with Crippen molar-refractivity contribution in [2.24, 2.45) is 5.41 Å². The van der Waals surface area contributed by atoms with E-state index in [9.17, 15) is 0 Å². The standard InChI is InChI=1S/C20H28N4/c1-20(2,3)14-18-13-19(22-16-21-18)24-11-9-23(10-12-24)15-17-7-5-4-6-8-17/h4-8,13,16H,9-12,14-15H2,1-3H3. The average molecular weight is 324 g/mol. The molecule has 1 aliphatic rings. The maximum absolute atomic E-state index is 4.50. The van der Waals surface area contributed by atoms with Gasteiger partial charge in [-0.15, -0.1) is 0 Å². The van der Waals surface area contributed by atoms with Gasteiger partial charge in [-0.1, -0.05) is 51.1 Å². The lowest BCUT2D eigenvalue weighted by atomic mass is 9.90. The Morgan fingerprint density at radius 2 is 1.67 bits per heavy atom. The van der Waals surface area contributed by atoms with Crippen molar-refractivity contribution in [1.82, 2.24) is 14.9 Å². The summed E-state index contributed by atoms with van der Waals surface area (Å²) in [7, 11) is 0. The molecule has 128 valence electrons. The SMILES string of the molecule is CC(C)(C)Cc1cc(N2CCN(Cc3ccccc3)CC2)ncn1. The number of rotatable bonds is 4. The third-order valence-corrected chi connectivity index (χ3v) is 4.37. The van der Waals surface area contributed by atoms with Crippen LogP contribution in [0.2, 0.25) is 0 Å². The lowest BCUT2D eigenvalue weighted by Crippen LogP contribution is -2.46. The van der Waals surface area contributed by atoms with Crippen LogP contribution in [0.5, 0.6) is 0 Å². The molecule has 1 aliphatic heterocycles. The summed E-state index contributed by atoms with van der Waals surface area (Å²) >= 11 is 0. The summed E-state index contributed by atoms with van der Waals surface area (Å²) in [6.07, 6.45) is 2.70. The minimum absolute atomic E-state index is 0.250. The van der Waals surface area contributed by atoms with Gasteiger partial charge in [0.25, 0.3) is 0 Å². The Balaban J connectivity index is 1.57. The Kier molecular flexibility index (Phi) is 5.14. The van der Waals surface area contributed by atoms with Gasteiger partial charge < -0.3 is 4.90 Å². The number of benzene rings is 1. The van der Waals surface area contributed by atoms with Crippen LogP contribution in [0.25, 0.3) is 0 Å². The molecule has 1 aromatic carbocycles. The second kappa shape index (κ2) is 7.31. The molecule has 0 atom stereocenters. The Hall–Kier alpha value is -1.94. The smallest absolute Gasteiger partial charge is 0.132 e. The van der Waals surface area contributed by atoms with Crippen LogP contribution < -0.4 is 4.90 Å². The van der Waals surface area contributed by atoms with Crippen LogP contribution in [0.4, 0.5) is 5.82 Å². The van der Waals surface area contributed by atoms with Crippen molar-refractivity contribution in [1.29, 1.82) is 0 Å². The summed E-state index contributed by atoms with van der Waals surface area (Å²) < 4.78 is 0. The van der Waals surface area contributed by atoms with Crippen LogP contribution in [0.1, 0.15) is 32.0 Å². The van der Waals surface area contributed by atoms with E-state index >= 15 is 0 Å². The van der Waals surface area contributed by atoms with Gasteiger partial charge in [-0.05, 0) is 17.4 Å². The maximum atomic E-state index is 4.50. The highest BCUT2D eigenvalue weighted by atomic mass is 15.3. The summed E-state index contributed by atoms with van der Waals surface area (Å²) in [4.78, 5) is 13.8. The first kappa shape index (κ1) is 16.9. The Morgan fingerprint density at radius 1 is 0.958 bits per heavy atom. The summed E-state index contributed by atoms with van der Waals surface area (Å²) in [5.41, 5.74) is 2.78. The largest absolute Gasteiger partial charge is 0.354 e. The molecule has 4 nitrogen and oxygen atoms in total. The molecule has 3 rings (SSSR count). The van der Waals surface area contributed by atoms with E-state index in [0.29, 0.717) is 0 Å². The zero-order valence-electron chi connectivity index (χ0n) is 15.1. The number of aromatic nitrogens is 2. The Labute approximate surface area is 145 Å². The van der Waals surface area contributed by atoms with Gasteiger partial charge in [-0.3, -0.25) is 4.90 Å². The molecule has 1 saturated heterocycles. The lowest BCUT2D eigenvalue weighted by molar-refractivity contribution is 0.249. The van der Waals surface area contributed by atoms with Gasteiger partial charge in [0.2, 0.25) is 0 Å². The van der Waals surface area contributed by atoms with Crippen molar-refractivity contribution < 1.29 is 0 Å². The molecule has 0 radical (unpaired) electrons. The molecule has 0 N–H and O–H groups in total. The van der Waals surface area contributed by atoms with Gasteiger partial charge >= 0.3 is 0 Å². The molecular formula is C20H28N4. The molecule has 1 aromatic heterocycles. The molecule has 2 heterocycles. The van der Waals surface area contributed by atoms with E-state index in [-0.39, 0.29) is 5.41 Å². The average Bonchev–Trinajstić information content (AvgIpc) is 2.55. The highest BCUT2D eigenvalue weighted by Crippen LogP contribution is 2.22. The first-order valence-electron chi connectivity index (χ1n) is 8.82. The number of hydrogen-bond donors (Lipinski definition) is 0. The Morgan fingerprint density at radius 3 is 2.33 bits per heavy atom. The number of anilines is 1. The van der Waals surface area contributed by atoms with Crippen molar-refractivity contribution in [2.45, 2.75) is 33.7 Å². The highest BCUT2D eigenvalue weighted by Gasteiger charge is 2.19. The fraction of sp³-hybridized carbons (Fsp3) is 0.500. The van der Waals surface area contributed by atoms with E-state index in [4.69, 9.17) is 0 Å². The topological polar surface area (TPSA) is 32.3 Å². The normalized spacial score (nSPS) is 16.4. The van der Waals surface area contributed by atoms with Crippen molar-refractivity contribution >= 4 is 5.82 Å². The van der Waals surface area contributed by atoms with E-state index < -0.39 is 0 Å². The molecule has 0 aliphatic carbocycles. The Bertz CT molecular complexity index is 640. The third kappa shape index (κ3) is 4.78. The zero-order chi connectivity index (χ0) is 17.0. The molecule has 4 heteroatoms. The minimum atomic E-state index is 0.250. The van der Waals surface area contributed by atoms with Gasteiger partial charge in [0.05, 0.1) is 0 Å². The molecular weight excluding hydrogens is 296 g/mol. The molecule has 0 unspecified atom stereocenters. The summed E-state index contributed by atoms with van der Waals surface area (Å²) in [5.74, 6) is 1.07. The van der Waals surface area contributed by atoms with E-state index in [1.165, 1.54) is 5.56 Å². The number of hydrogen-bond acceptors (Lipinski definition) is 4. The van der Waals surface area contributed by atoms with Crippen LogP contribution in [-0.2, 0) is 13.0 Å². The van der Waals surface area contributed by atoms with Crippen LogP contribution in [0.15, 0.2) is 42.7 Å². The van der Waals surface area contributed by atoms with Crippen molar-refractivity contribution in [3.8, 4) is 0 Å². The van der Waals surface area contributed by atoms with E-state index in [0.717, 1.165) is 50.7 Å². The van der Waals surface area contributed by atoms with E-state index in [1.54, 1.807) is 6.33 Å². The van der Waals surface area contributed by atoms with E-state index in [1.807, 2.05) is 0 Å². The van der Waals surface area contributed by atoms with Crippen molar-refractivity contribution in [3.63, 3.8) is 0 Å². The first-order chi connectivity index (χ1) is 11.5. The molecule has 0 bridgehead atoms. The van der Waals surface area contributed by atoms with Gasteiger partial charge in [0.15, 0.2) is 0 Å². The summed E-state index contributed by atoms with van der Waals surface area (Å²) in [5, 5.41) is 0. The van der Waals surface area contributed by atoms with Gasteiger partial charge in [0, 0.05) is 44.5 Å².